The number of fused-ring (bicyclic) bond motifs is 1. The fraction of sp³-hybridized carbons (Fsp3) is 1.00. The first-order valence-electron chi connectivity index (χ1n) is 7.20. The molecule has 0 aromatic rings. The second-order valence-corrected chi connectivity index (χ2v) is 7.54. The summed E-state index contributed by atoms with van der Waals surface area (Å²) in [5.74, 6) is 1.70. The zero-order chi connectivity index (χ0) is 12.5. The van der Waals surface area contributed by atoms with E-state index < -0.39 is 5.60 Å². The zero-order valence-corrected chi connectivity index (χ0v) is 11.4. The summed E-state index contributed by atoms with van der Waals surface area (Å²) in [6.07, 6.45) is 5.80. The SMILES string of the molecule is C[C@@H]1CC[C@H]2[C@](C)(CO)[C@H]3C[C@@]12CC[C@@]3(C)O. The third-order valence-electron chi connectivity index (χ3n) is 6.93. The molecule has 2 bridgehead atoms. The first-order valence-corrected chi connectivity index (χ1v) is 7.20. The molecule has 17 heavy (non-hydrogen) atoms. The van der Waals surface area contributed by atoms with Crippen LogP contribution in [0.15, 0.2) is 0 Å². The largest absolute Gasteiger partial charge is 0.396 e. The average molecular weight is 238 g/mol. The minimum absolute atomic E-state index is 0.0508. The Labute approximate surface area is 104 Å². The lowest BCUT2D eigenvalue weighted by Gasteiger charge is -2.44. The second-order valence-electron chi connectivity index (χ2n) is 7.54. The summed E-state index contributed by atoms with van der Waals surface area (Å²) in [5.41, 5.74) is -0.179. The van der Waals surface area contributed by atoms with Gasteiger partial charge in [0, 0.05) is 6.61 Å². The van der Waals surface area contributed by atoms with E-state index in [9.17, 15) is 10.2 Å². The summed E-state index contributed by atoms with van der Waals surface area (Å²) in [5, 5.41) is 20.6. The third-order valence-corrected chi connectivity index (χ3v) is 6.93. The fourth-order valence-electron chi connectivity index (χ4n) is 5.85. The van der Waals surface area contributed by atoms with Gasteiger partial charge in [-0.05, 0) is 67.6 Å². The highest BCUT2D eigenvalue weighted by atomic mass is 16.3. The van der Waals surface area contributed by atoms with Gasteiger partial charge in [0.25, 0.3) is 0 Å². The van der Waals surface area contributed by atoms with Crippen LogP contribution in [0.2, 0.25) is 0 Å². The summed E-state index contributed by atoms with van der Waals surface area (Å²) in [6.45, 7) is 6.85. The number of aliphatic hydroxyl groups excluding tert-OH is 1. The van der Waals surface area contributed by atoms with E-state index in [2.05, 4.69) is 13.8 Å². The van der Waals surface area contributed by atoms with Gasteiger partial charge in [0.1, 0.15) is 0 Å². The predicted molar refractivity (Wildman–Crippen MR) is 67.5 cm³/mol. The quantitative estimate of drug-likeness (QED) is 0.737. The lowest BCUT2D eigenvalue weighted by Crippen LogP contribution is -2.46. The highest BCUT2D eigenvalue weighted by Crippen LogP contribution is 2.73. The molecule has 2 nitrogen and oxygen atoms in total. The molecule has 6 atom stereocenters. The molecule has 3 aliphatic carbocycles. The van der Waals surface area contributed by atoms with Crippen LogP contribution in [0.4, 0.5) is 0 Å². The molecule has 0 radical (unpaired) electrons. The molecule has 0 saturated heterocycles. The van der Waals surface area contributed by atoms with Crippen LogP contribution in [-0.4, -0.2) is 22.4 Å². The van der Waals surface area contributed by atoms with E-state index in [4.69, 9.17) is 0 Å². The van der Waals surface area contributed by atoms with E-state index in [1.165, 1.54) is 12.8 Å². The van der Waals surface area contributed by atoms with Crippen molar-refractivity contribution < 1.29 is 10.2 Å². The van der Waals surface area contributed by atoms with E-state index in [-0.39, 0.29) is 12.0 Å². The molecule has 0 unspecified atom stereocenters. The summed E-state index contributed by atoms with van der Waals surface area (Å²) < 4.78 is 0. The molecule has 2 N–H and O–H groups in total. The van der Waals surface area contributed by atoms with Crippen molar-refractivity contribution in [3.8, 4) is 0 Å². The first-order chi connectivity index (χ1) is 7.87. The van der Waals surface area contributed by atoms with Crippen LogP contribution in [-0.2, 0) is 0 Å². The van der Waals surface area contributed by atoms with Crippen molar-refractivity contribution >= 4 is 0 Å². The van der Waals surface area contributed by atoms with Gasteiger partial charge in [-0.25, -0.2) is 0 Å². The van der Waals surface area contributed by atoms with Gasteiger partial charge in [-0.2, -0.15) is 0 Å². The van der Waals surface area contributed by atoms with Gasteiger partial charge in [-0.3, -0.25) is 0 Å². The molecule has 2 heteroatoms. The molecule has 0 heterocycles. The Morgan fingerprint density at radius 3 is 2.47 bits per heavy atom. The maximum atomic E-state index is 10.7. The van der Waals surface area contributed by atoms with Crippen LogP contribution < -0.4 is 0 Å². The Hall–Kier alpha value is -0.0800. The van der Waals surface area contributed by atoms with Crippen molar-refractivity contribution in [1.29, 1.82) is 0 Å². The predicted octanol–water partition coefficient (Wildman–Crippen LogP) is 2.58. The fourth-order valence-corrected chi connectivity index (χ4v) is 5.85. The van der Waals surface area contributed by atoms with Crippen LogP contribution in [0.1, 0.15) is 52.9 Å². The van der Waals surface area contributed by atoms with Crippen molar-refractivity contribution in [2.45, 2.75) is 58.5 Å². The van der Waals surface area contributed by atoms with Crippen molar-refractivity contribution in [2.75, 3.05) is 6.61 Å². The Bertz CT molecular complexity index is 334. The Morgan fingerprint density at radius 1 is 1.12 bits per heavy atom. The zero-order valence-electron chi connectivity index (χ0n) is 11.4. The van der Waals surface area contributed by atoms with Gasteiger partial charge in [0.2, 0.25) is 0 Å². The van der Waals surface area contributed by atoms with E-state index in [0.717, 1.165) is 25.2 Å². The van der Waals surface area contributed by atoms with Crippen molar-refractivity contribution in [3.05, 3.63) is 0 Å². The van der Waals surface area contributed by atoms with Gasteiger partial charge in [-0.1, -0.05) is 13.8 Å². The molecule has 98 valence electrons. The normalized spacial score (nSPS) is 61.6. The number of hydrogen-bond acceptors (Lipinski definition) is 2. The van der Waals surface area contributed by atoms with Crippen LogP contribution >= 0.6 is 0 Å². The molecule has 0 aliphatic heterocycles. The van der Waals surface area contributed by atoms with E-state index >= 15 is 0 Å². The summed E-state index contributed by atoms with van der Waals surface area (Å²) in [6, 6.07) is 0. The molecule has 0 aromatic carbocycles. The van der Waals surface area contributed by atoms with E-state index in [0.29, 0.717) is 17.3 Å². The van der Waals surface area contributed by atoms with Crippen molar-refractivity contribution in [1.82, 2.24) is 0 Å². The minimum Gasteiger partial charge on any atom is -0.396 e. The van der Waals surface area contributed by atoms with E-state index in [1.54, 1.807) is 0 Å². The maximum absolute atomic E-state index is 10.7. The molecule has 3 fully saturated rings. The summed E-state index contributed by atoms with van der Waals surface area (Å²) >= 11 is 0. The molecule has 1 spiro atoms. The Morgan fingerprint density at radius 2 is 1.82 bits per heavy atom. The standard InChI is InChI=1S/C15H26O2/c1-10-4-5-11-13(2,9-16)12-8-15(10,11)7-6-14(12,3)17/h10-12,16-17H,4-9H2,1-3H3/t10-,11+,12-,13+,14-,15+/m1/s1. The number of hydrogen-bond donors (Lipinski definition) is 2. The van der Waals surface area contributed by atoms with Crippen LogP contribution in [0.3, 0.4) is 0 Å². The lowest BCUT2D eigenvalue weighted by atomic mass is 9.64. The van der Waals surface area contributed by atoms with Gasteiger partial charge < -0.3 is 10.2 Å². The van der Waals surface area contributed by atoms with Crippen LogP contribution in [0.5, 0.6) is 0 Å². The minimum atomic E-state index is -0.563. The summed E-state index contributed by atoms with van der Waals surface area (Å²) in [4.78, 5) is 0. The third kappa shape index (κ3) is 1.24. The molecule has 3 rings (SSSR count). The van der Waals surface area contributed by atoms with Crippen LogP contribution in [0.25, 0.3) is 0 Å². The Kier molecular flexibility index (Phi) is 2.30. The maximum Gasteiger partial charge on any atom is 0.0654 e. The van der Waals surface area contributed by atoms with Gasteiger partial charge >= 0.3 is 0 Å². The lowest BCUT2D eigenvalue weighted by molar-refractivity contribution is -0.0858. The molecular weight excluding hydrogens is 212 g/mol. The molecule has 3 saturated carbocycles. The molecule has 0 amide bonds. The van der Waals surface area contributed by atoms with Crippen LogP contribution in [0, 0.1) is 28.6 Å². The average Bonchev–Trinajstić information content (AvgIpc) is 2.71. The molecular formula is C15H26O2. The van der Waals surface area contributed by atoms with Gasteiger partial charge in [-0.15, -0.1) is 0 Å². The van der Waals surface area contributed by atoms with Gasteiger partial charge in [0.15, 0.2) is 0 Å². The number of rotatable bonds is 1. The topological polar surface area (TPSA) is 40.5 Å². The molecule has 0 aromatic heterocycles. The Balaban J connectivity index is 2.08. The highest BCUT2D eigenvalue weighted by Gasteiger charge is 2.68. The van der Waals surface area contributed by atoms with Gasteiger partial charge in [0.05, 0.1) is 5.60 Å². The first kappa shape index (κ1) is 12.0. The van der Waals surface area contributed by atoms with Crippen molar-refractivity contribution in [2.24, 2.45) is 28.6 Å². The second kappa shape index (κ2) is 3.27. The summed E-state index contributed by atoms with van der Waals surface area (Å²) in [7, 11) is 0. The monoisotopic (exact) mass is 238 g/mol. The smallest absolute Gasteiger partial charge is 0.0654 e. The number of aliphatic hydroxyl groups is 2. The highest BCUT2D eigenvalue weighted by molar-refractivity contribution is 5.17. The molecule has 3 aliphatic rings. The van der Waals surface area contributed by atoms with E-state index in [1.807, 2.05) is 6.92 Å². The van der Waals surface area contributed by atoms with Crippen molar-refractivity contribution in [3.63, 3.8) is 0 Å².